The lowest BCUT2D eigenvalue weighted by Gasteiger charge is -2.35. The van der Waals surface area contributed by atoms with Gasteiger partial charge in [0.1, 0.15) is 5.76 Å². The molecule has 9 heteroatoms. The van der Waals surface area contributed by atoms with E-state index in [0.29, 0.717) is 29.6 Å². The highest BCUT2D eigenvalue weighted by molar-refractivity contribution is 5.92. The molecule has 4 rings (SSSR count). The summed E-state index contributed by atoms with van der Waals surface area (Å²) in [6.07, 6.45) is 1.66. The summed E-state index contributed by atoms with van der Waals surface area (Å²) >= 11 is 0. The molecule has 0 radical (unpaired) electrons. The number of oxazole rings is 1. The van der Waals surface area contributed by atoms with E-state index >= 15 is 0 Å². The summed E-state index contributed by atoms with van der Waals surface area (Å²) in [4.78, 5) is 32.6. The van der Waals surface area contributed by atoms with Crippen molar-refractivity contribution >= 4 is 23.3 Å². The normalized spacial score (nSPS) is 14.4. The molecule has 32 heavy (non-hydrogen) atoms. The number of aryl methyl sites for hydroxylation is 1. The Morgan fingerprint density at radius 3 is 2.53 bits per heavy atom. The summed E-state index contributed by atoms with van der Waals surface area (Å²) in [6.45, 7) is 5.35. The second kappa shape index (κ2) is 9.69. The summed E-state index contributed by atoms with van der Waals surface area (Å²) < 4.78 is 15.6. The molecular formula is C23H26N4O5. The van der Waals surface area contributed by atoms with Gasteiger partial charge in [0.15, 0.2) is 5.76 Å². The molecule has 168 valence electrons. The number of aromatic nitrogens is 1. The smallest absolute Gasteiger partial charge is 0.319 e. The van der Waals surface area contributed by atoms with Gasteiger partial charge in [-0.25, -0.2) is 4.98 Å². The highest BCUT2D eigenvalue weighted by Gasteiger charge is 2.20. The summed E-state index contributed by atoms with van der Waals surface area (Å²) in [5.74, 6) is 1.11. The number of benzene rings is 1. The molecule has 0 unspecified atom stereocenters. The SMILES string of the molecule is COC(=O)CN1CCN(c2ccc(NC(=O)Cc3nc(-c4ccco4)oc3C)cc2)CC1. The number of esters is 1. The third-order valence-corrected chi connectivity index (χ3v) is 5.42. The first-order chi connectivity index (χ1) is 15.5. The number of nitrogens with zero attached hydrogens (tertiary/aromatic N) is 3. The Bertz CT molecular complexity index is 1050. The van der Waals surface area contributed by atoms with Crippen molar-refractivity contribution in [2.45, 2.75) is 13.3 Å². The molecule has 1 fully saturated rings. The number of piperazine rings is 1. The molecule has 0 saturated carbocycles. The van der Waals surface area contributed by atoms with Crippen LogP contribution < -0.4 is 10.2 Å². The van der Waals surface area contributed by atoms with Gasteiger partial charge >= 0.3 is 5.97 Å². The number of carbonyl (C=O) groups excluding carboxylic acids is 2. The average Bonchev–Trinajstić information content (AvgIpc) is 3.45. The van der Waals surface area contributed by atoms with Crippen LogP contribution in [0.15, 0.2) is 51.5 Å². The second-order valence-electron chi connectivity index (χ2n) is 7.61. The molecule has 1 aromatic carbocycles. The predicted octanol–water partition coefficient (Wildman–Crippen LogP) is 2.72. The van der Waals surface area contributed by atoms with E-state index in [1.807, 2.05) is 24.3 Å². The molecular weight excluding hydrogens is 412 g/mol. The van der Waals surface area contributed by atoms with Gasteiger partial charge in [0, 0.05) is 37.6 Å². The number of hydrogen-bond acceptors (Lipinski definition) is 8. The molecule has 3 aromatic rings. The Kier molecular flexibility index (Phi) is 6.55. The van der Waals surface area contributed by atoms with Crippen LogP contribution in [0.25, 0.3) is 11.7 Å². The molecule has 1 aliphatic heterocycles. The Labute approximate surface area is 186 Å². The minimum Gasteiger partial charge on any atom is -0.468 e. The predicted molar refractivity (Wildman–Crippen MR) is 118 cm³/mol. The first kappa shape index (κ1) is 21.6. The number of methoxy groups -OCH3 is 1. The number of furan rings is 1. The summed E-state index contributed by atoms with van der Waals surface area (Å²) in [5.41, 5.74) is 2.38. The van der Waals surface area contributed by atoms with E-state index in [1.54, 1.807) is 25.3 Å². The van der Waals surface area contributed by atoms with Gasteiger partial charge in [0.2, 0.25) is 5.91 Å². The molecule has 1 amide bonds. The average molecular weight is 438 g/mol. The zero-order valence-electron chi connectivity index (χ0n) is 18.2. The lowest BCUT2D eigenvalue weighted by molar-refractivity contribution is -0.142. The molecule has 1 N–H and O–H groups in total. The van der Waals surface area contributed by atoms with Crippen LogP contribution in [-0.2, 0) is 20.7 Å². The van der Waals surface area contributed by atoms with E-state index in [9.17, 15) is 9.59 Å². The first-order valence-corrected chi connectivity index (χ1v) is 10.5. The van der Waals surface area contributed by atoms with E-state index in [2.05, 4.69) is 20.1 Å². The maximum Gasteiger partial charge on any atom is 0.319 e. The van der Waals surface area contributed by atoms with Gasteiger partial charge in [-0.05, 0) is 43.3 Å². The third kappa shape index (κ3) is 5.17. The highest BCUT2D eigenvalue weighted by Crippen LogP contribution is 2.23. The minimum atomic E-state index is -0.212. The summed E-state index contributed by atoms with van der Waals surface area (Å²) in [6, 6.07) is 11.3. The van der Waals surface area contributed by atoms with Crippen LogP contribution >= 0.6 is 0 Å². The molecule has 1 aliphatic rings. The first-order valence-electron chi connectivity index (χ1n) is 10.5. The molecule has 0 atom stereocenters. The lowest BCUT2D eigenvalue weighted by atomic mass is 10.2. The van der Waals surface area contributed by atoms with E-state index < -0.39 is 0 Å². The molecule has 2 aromatic heterocycles. The van der Waals surface area contributed by atoms with Crippen LogP contribution in [0, 0.1) is 6.92 Å². The highest BCUT2D eigenvalue weighted by atomic mass is 16.5. The molecule has 9 nitrogen and oxygen atoms in total. The third-order valence-electron chi connectivity index (χ3n) is 5.42. The van der Waals surface area contributed by atoms with Crippen LogP contribution in [0.4, 0.5) is 11.4 Å². The quantitative estimate of drug-likeness (QED) is 0.562. The van der Waals surface area contributed by atoms with Crippen LogP contribution in [0.2, 0.25) is 0 Å². The number of hydrogen-bond donors (Lipinski definition) is 1. The summed E-state index contributed by atoms with van der Waals surface area (Å²) in [5, 5.41) is 2.90. The Morgan fingerprint density at radius 2 is 1.88 bits per heavy atom. The van der Waals surface area contributed by atoms with Gasteiger partial charge < -0.3 is 23.8 Å². The number of nitrogens with one attached hydrogen (secondary N) is 1. The molecule has 3 heterocycles. The molecule has 0 spiro atoms. The van der Waals surface area contributed by atoms with Crippen molar-refractivity contribution in [3.05, 3.63) is 54.1 Å². The lowest BCUT2D eigenvalue weighted by Crippen LogP contribution is -2.48. The van der Waals surface area contributed by atoms with Crippen LogP contribution in [0.3, 0.4) is 0 Å². The standard InChI is InChI=1S/C23H26N4O5/c1-16-19(25-23(32-16)20-4-3-13-31-20)14-21(28)24-17-5-7-18(8-6-17)27-11-9-26(10-12-27)15-22(29)30-2/h3-8,13H,9-12,14-15H2,1-2H3,(H,24,28). The van der Waals surface area contributed by atoms with Crippen molar-refractivity contribution < 1.29 is 23.2 Å². The Morgan fingerprint density at radius 1 is 1.12 bits per heavy atom. The van der Waals surface area contributed by atoms with Gasteiger partial charge in [0.25, 0.3) is 5.89 Å². The van der Waals surface area contributed by atoms with Crippen molar-refractivity contribution in [3.8, 4) is 11.7 Å². The van der Waals surface area contributed by atoms with Crippen LogP contribution in [0.5, 0.6) is 0 Å². The number of ether oxygens (including phenoxy) is 1. The van der Waals surface area contributed by atoms with Gasteiger partial charge in [-0.2, -0.15) is 0 Å². The monoisotopic (exact) mass is 438 g/mol. The van der Waals surface area contributed by atoms with Crippen LogP contribution in [0.1, 0.15) is 11.5 Å². The van der Waals surface area contributed by atoms with Crippen LogP contribution in [-0.4, -0.2) is 61.6 Å². The van der Waals surface area contributed by atoms with Crippen molar-refractivity contribution in [1.82, 2.24) is 9.88 Å². The van der Waals surface area contributed by atoms with Gasteiger partial charge in [-0.15, -0.1) is 0 Å². The molecule has 0 bridgehead atoms. The maximum absolute atomic E-state index is 12.5. The van der Waals surface area contributed by atoms with E-state index in [1.165, 1.54) is 7.11 Å². The number of carbonyl (C=O) groups is 2. The number of anilines is 2. The van der Waals surface area contributed by atoms with Gasteiger partial charge in [-0.1, -0.05) is 0 Å². The van der Waals surface area contributed by atoms with Gasteiger partial charge in [-0.3, -0.25) is 14.5 Å². The summed E-state index contributed by atoms with van der Waals surface area (Å²) in [7, 11) is 1.41. The number of amides is 1. The maximum atomic E-state index is 12.5. The second-order valence-corrected chi connectivity index (χ2v) is 7.61. The van der Waals surface area contributed by atoms with E-state index in [0.717, 1.165) is 37.6 Å². The molecule has 1 saturated heterocycles. The fraction of sp³-hybridized carbons (Fsp3) is 0.348. The minimum absolute atomic E-state index is 0.111. The van der Waals surface area contributed by atoms with E-state index in [-0.39, 0.29) is 18.3 Å². The van der Waals surface area contributed by atoms with Crippen molar-refractivity contribution in [1.29, 1.82) is 0 Å². The Hall–Kier alpha value is -3.59. The van der Waals surface area contributed by atoms with Crippen molar-refractivity contribution in [3.63, 3.8) is 0 Å². The van der Waals surface area contributed by atoms with Gasteiger partial charge in [0.05, 0.1) is 32.0 Å². The Balaban J connectivity index is 1.29. The molecule has 0 aliphatic carbocycles. The zero-order valence-corrected chi connectivity index (χ0v) is 18.2. The van der Waals surface area contributed by atoms with Crippen molar-refractivity contribution in [2.75, 3.05) is 50.1 Å². The largest absolute Gasteiger partial charge is 0.468 e. The van der Waals surface area contributed by atoms with Crippen molar-refractivity contribution in [2.24, 2.45) is 0 Å². The number of rotatable bonds is 7. The zero-order chi connectivity index (χ0) is 22.5. The topological polar surface area (TPSA) is 101 Å². The van der Waals surface area contributed by atoms with E-state index in [4.69, 9.17) is 13.6 Å². The fourth-order valence-electron chi connectivity index (χ4n) is 3.62. The fourth-order valence-corrected chi connectivity index (χ4v) is 3.62.